The summed E-state index contributed by atoms with van der Waals surface area (Å²) >= 11 is 0. The topological polar surface area (TPSA) is 66.4 Å². The summed E-state index contributed by atoms with van der Waals surface area (Å²) in [4.78, 5) is 23.1. The first-order chi connectivity index (χ1) is 9.95. The number of aliphatic carboxylic acids is 1. The summed E-state index contributed by atoms with van der Waals surface area (Å²) in [7, 11) is 0. The molecule has 2 N–H and O–H groups in total. The Morgan fingerprint density at radius 3 is 2.62 bits per heavy atom. The number of carboxylic acids is 1. The van der Waals surface area contributed by atoms with Crippen LogP contribution in [0.25, 0.3) is 0 Å². The summed E-state index contributed by atoms with van der Waals surface area (Å²) in [5, 5.41) is 11.5. The largest absolute Gasteiger partial charge is 0.480 e. The molecular weight excluding hydrogens is 273 g/mol. The van der Waals surface area contributed by atoms with Crippen molar-refractivity contribution >= 4 is 11.9 Å². The van der Waals surface area contributed by atoms with E-state index in [4.69, 9.17) is 5.11 Å². The summed E-state index contributed by atoms with van der Waals surface area (Å²) in [5.74, 6) is -2.34. The van der Waals surface area contributed by atoms with Gasteiger partial charge in [-0.25, -0.2) is 9.18 Å². The molecule has 0 spiro atoms. The minimum absolute atomic E-state index is 0.226. The van der Waals surface area contributed by atoms with Gasteiger partial charge in [0, 0.05) is 5.92 Å². The number of carbonyl (C=O) groups is 2. The lowest BCUT2D eigenvalue weighted by atomic mass is 9.99. The molecule has 1 rings (SSSR count). The molecule has 0 fully saturated rings. The van der Waals surface area contributed by atoms with Crippen molar-refractivity contribution in [2.24, 2.45) is 5.92 Å². The fraction of sp³-hybridized carbons (Fsp3) is 0.375. The van der Waals surface area contributed by atoms with E-state index in [9.17, 15) is 14.0 Å². The zero-order chi connectivity index (χ0) is 15.8. The predicted octanol–water partition coefficient (Wildman–Crippen LogP) is 2.54. The van der Waals surface area contributed by atoms with Crippen molar-refractivity contribution in [1.29, 1.82) is 0 Å². The second kappa shape index (κ2) is 8.19. The van der Waals surface area contributed by atoms with Crippen molar-refractivity contribution in [2.45, 2.75) is 32.7 Å². The van der Waals surface area contributed by atoms with Crippen molar-refractivity contribution in [2.75, 3.05) is 0 Å². The van der Waals surface area contributed by atoms with Crippen molar-refractivity contribution in [1.82, 2.24) is 5.32 Å². The van der Waals surface area contributed by atoms with E-state index in [1.807, 2.05) is 0 Å². The average molecular weight is 293 g/mol. The molecule has 0 aliphatic heterocycles. The summed E-state index contributed by atoms with van der Waals surface area (Å²) in [6.07, 6.45) is 3.87. The van der Waals surface area contributed by atoms with Crippen molar-refractivity contribution < 1.29 is 19.1 Å². The van der Waals surface area contributed by atoms with Gasteiger partial charge in [0.25, 0.3) is 0 Å². The smallest absolute Gasteiger partial charge is 0.326 e. The van der Waals surface area contributed by atoms with E-state index in [0.29, 0.717) is 5.56 Å². The normalized spacial score (nSPS) is 13.9. The molecule has 0 saturated heterocycles. The third kappa shape index (κ3) is 5.38. The number of carbonyl (C=O) groups excluding carboxylic acids is 1. The van der Waals surface area contributed by atoms with E-state index in [1.165, 1.54) is 6.07 Å². The predicted molar refractivity (Wildman–Crippen MR) is 78.3 cm³/mol. The Kier molecular flexibility index (Phi) is 6.59. The van der Waals surface area contributed by atoms with E-state index < -0.39 is 23.8 Å². The van der Waals surface area contributed by atoms with Crippen LogP contribution in [0.3, 0.4) is 0 Å². The van der Waals surface area contributed by atoms with E-state index in [2.05, 4.69) is 5.32 Å². The van der Waals surface area contributed by atoms with E-state index in [1.54, 1.807) is 44.2 Å². The number of allylic oxidation sites excluding steroid dienone is 1. The number of hydrogen-bond acceptors (Lipinski definition) is 2. The Labute approximate surface area is 123 Å². The quantitative estimate of drug-likeness (QED) is 0.759. The second-order valence-corrected chi connectivity index (χ2v) is 4.90. The van der Waals surface area contributed by atoms with Crippen LogP contribution in [-0.4, -0.2) is 23.0 Å². The first kappa shape index (κ1) is 16.9. The molecule has 0 radical (unpaired) electrons. The van der Waals surface area contributed by atoms with Gasteiger partial charge in [0.2, 0.25) is 5.91 Å². The Balaban J connectivity index is 2.65. The molecular formula is C16H20FNO3. The third-order valence-corrected chi connectivity index (χ3v) is 3.15. The first-order valence-electron chi connectivity index (χ1n) is 6.83. The Morgan fingerprint density at radius 1 is 1.38 bits per heavy atom. The van der Waals surface area contributed by atoms with E-state index in [-0.39, 0.29) is 18.7 Å². The number of amides is 1. The van der Waals surface area contributed by atoms with Crippen LogP contribution in [0.5, 0.6) is 0 Å². The fourth-order valence-corrected chi connectivity index (χ4v) is 1.89. The van der Waals surface area contributed by atoms with Crippen LogP contribution < -0.4 is 5.32 Å². The fourth-order valence-electron chi connectivity index (χ4n) is 1.89. The molecule has 0 heterocycles. The van der Waals surface area contributed by atoms with Crippen LogP contribution in [0, 0.1) is 11.7 Å². The average Bonchev–Trinajstić information content (AvgIpc) is 2.45. The molecule has 1 amide bonds. The monoisotopic (exact) mass is 293 g/mol. The molecule has 2 atom stereocenters. The van der Waals surface area contributed by atoms with Crippen LogP contribution in [0.1, 0.15) is 25.8 Å². The molecule has 0 aliphatic carbocycles. The second-order valence-electron chi connectivity index (χ2n) is 4.90. The molecule has 4 nitrogen and oxygen atoms in total. The molecule has 21 heavy (non-hydrogen) atoms. The van der Waals surface area contributed by atoms with Crippen LogP contribution in [0.4, 0.5) is 4.39 Å². The van der Waals surface area contributed by atoms with Crippen molar-refractivity contribution in [3.8, 4) is 0 Å². The van der Waals surface area contributed by atoms with Crippen LogP contribution in [0.2, 0.25) is 0 Å². The van der Waals surface area contributed by atoms with Gasteiger partial charge in [-0.2, -0.15) is 0 Å². The minimum atomic E-state index is -1.08. The highest BCUT2D eigenvalue weighted by Gasteiger charge is 2.22. The number of nitrogens with one attached hydrogen (secondary N) is 1. The molecule has 1 aromatic carbocycles. The standard InChI is InChI=1S/C16H20FNO3/c1-3-4-9-14(16(20)21)18-15(19)11(2)10-12-7-5-6-8-13(12)17/h3-8,11,14H,9-10H2,1-2H3,(H,18,19)(H,20,21)/b4-3+. The maximum atomic E-state index is 13.5. The number of halogens is 1. The van der Waals surface area contributed by atoms with Gasteiger partial charge in [-0.1, -0.05) is 37.3 Å². The number of hydrogen-bond donors (Lipinski definition) is 2. The van der Waals surface area contributed by atoms with Crippen molar-refractivity contribution in [3.05, 3.63) is 47.8 Å². The summed E-state index contributed by atoms with van der Waals surface area (Å²) in [6.45, 7) is 3.43. The Bertz CT molecular complexity index is 528. The molecule has 0 saturated carbocycles. The van der Waals surface area contributed by atoms with E-state index >= 15 is 0 Å². The highest BCUT2D eigenvalue weighted by molar-refractivity contribution is 5.85. The summed E-state index contributed by atoms with van der Waals surface area (Å²) in [5.41, 5.74) is 0.445. The number of carboxylic acid groups (broad SMARTS) is 1. The zero-order valence-corrected chi connectivity index (χ0v) is 12.2. The van der Waals surface area contributed by atoms with Gasteiger partial charge in [-0.3, -0.25) is 4.79 Å². The minimum Gasteiger partial charge on any atom is -0.480 e. The van der Waals surface area contributed by atoms with Gasteiger partial charge in [0.15, 0.2) is 0 Å². The lowest BCUT2D eigenvalue weighted by Gasteiger charge is -2.17. The molecule has 2 unspecified atom stereocenters. The molecule has 0 bridgehead atoms. The molecule has 5 heteroatoms. The van der Waals surface area contributed by atoms with Crippen LogP contribution >= 0.6 is 0 Å². The molecule has 0 aliphatic rings. The van der Waals surface area contributed by atoms with Gasteiger partial charge in [-0.05, 0) is 31.4 Å². The maximum Gasteiger partial charge on any atom is 0.326 e. The van der Waals surface area contributed by atoms with Gasteiger partial charge >= 0.3 is 5.97 Å². The lowest BCUT2D eigenvalue weighted by molar-refractivity contribution is -0.142. The van der Waals surface area contributed by atoms with Gasteiger partial charge in [-0.15, -0.1) is 0 Å². The molecule has 0 aromatic heterocycles. The highest BCUT2D eigenvalue weighted by Crippen LogP contribution is 2.13. The van der Waals surface area contributed by atoms with Crippen LogP contribution in [0.15, 0.2) is 36.4 Å². The van der Waals surface area contributed by atoms with Crippen LogP contribution in [-0.2, 0) is 16.0 Å². The van der Waals surface area contributed by atoms with E-state index in [0.717, 1.165) is 0 Å². The Morgan fingerprint density at radius 2 is 2.05 bits per heavy atom. The SMILES string of the molecule is C/C=C/CC(NC(=O)C(C)Cc1ccccc1F)C(=O)O. The van der Waals surface area contributed by atoms with Gasteiger partial charge in [0.05, 0.1) is 0 Å². The molecule has 1 aromatic rings. The maximum absolute atomic E-state index is 13.5. The lowest BCUT2D eigenvalue weighted by Crippen LogP contribution is -2.43. The summed E-state index contributed by atoms with van der Waals surface area (Å²) < 4.78 is 13.5. The number of rotatable bonds is 7. The van der Waals surface area contributed by atoms with Crippen molar-refractivity contribution in [3.63, 3.8) is 0 Å². The zero-order valence-electron chi connectivity index (χ0n) is 12.2. The highest BCUT2D eigenvalue weighted by atomic mass is 19.1. The molecule has 114 valence electrons. The van der Waals surface area contributed by atoms with Gasteiger partial charge in [0.1, 0.15) is 11.9 Å². The van der Waals surface area contributed by atoms with Gasteiger partial charge < -0.3 is 10.4 Å². The first-order valence-corrected chi connectivity index (χ1v) is 6.83. The Hall–Kier alpha value is -2.17. The summed E-state index contributed by atoms with van der Waals surface area (Å²) in [6, 6.07) is 5.28. The number of benzene rings is 1. The third-order valence-electron chi connectivity index (χ3n) is 3.15.